The first kappa shape index (κ1) is 10.4. The van der Waals surface area contributed by atoms with E-state index >= 15 is 0 Å². The molecule has 78 valence electrons. The minimum atomic E-state index is 0.753. The molecule has 2 aromatic rings. The van der Waals surface area contributed by atoms with E-state index in [0.717, 1.165) is 28.5 Å². The Labute approximate surface area is 94.9 Å². The largest absolute Gasteiger partial charge is 0.256 e. The summed E-state index contributed by atoms with van der Waals surface area (Å²) >= 11 is 0. The van der Waals surface area contributed by atoms with Crippen molar-refractivity contribution in [3.05, 3.63) is 47.7 Å². The molecule has 2 nitrogen and oxygen atoms in total. The Hall–Kier alpha value is -2.14. The molecule has 0 saturated heterocycles. The molecule has 16 heavy (non-hydrogen) atoms. The average molecular weight is 208 g/mol. The lowest BCUT2D eigenvalue weighted by atomic mass is 10.1. The molecule has 0 aliphatic rings. The summed E-state index contributed by atoms with van der Waals surface area (Å²) in [5, 5.41) is 9.96. The van der Waals surface area contributed by atoms with Crippen molar-refractivity contribution in [1.82, 2.24) is 4.98 Å². The maximum Gasteiger partial charge on any atom is 0.0947 e. The summed E-state index contributed by atoms with van der Waals surface area (Å²) in [7, 11) is 0. The van der Waals surface area contributed by atoms with Gasteiger partial charge in [0.15, 0.2) is 0 Å². The number of hydrogen-bond donors (Lipinski definition) is 0. The van der Waals surface area contributed by atoms with Crippen LogP contribution in [0.15, 0.2) is 42.1 Å². The fraction of sp³-hybridized carbons (Fsp3) is 0.143. The maximum absolute atomic E-state index is 8.86. The predicted molar refractivity (Wildman–Crippen MR) is 65.6 cm³/mol. The van der Waals surface area contributed by atoms with Gasteiger partial charge in [0.05, 0.1) is 11.6 Å². The molecular formula is C14H12N2. The van der Waals surface area contributed by atoms with Crippen LogP contribution in [0.1, 0.15) is 18.9 Å². The lowest BCUT2D eigenvalue weighted by molar-refractivity contribution is 1.16. The molecule has 0 radical (unpaired) electrons. The molecule has 0 bridgehead atoms. The molecule has 0 N–H and O–H groups in total. The molecule has 1 heterocycles. The van der Waals surface area contributed by atoms with Gasteiger partial charge in [-0.1, -0.05) is 25.1 Å². The van der Waals surface area contributed by atoms with E-state index in [0.29, 0.717) is 0 Å². The zero-order valence-electron chi connectivity index (χ0n) is 9.14. The van der Waals surface area contributed by atoms with Crippen LogP contribution in [-0.4, -0.2) is 4.98 Å². The SMILES string of the molecule is CC/C(C#N)=C\c1cnc2ccccc2c1. The number of hydrogen-bond acceptors (Lipinski definition) is 2. The molecule has 0 atom stereocenters. The first-order chi connectivity index (χ1) is 7.83. The van der Waals surface area contributed by atoms with Crippen molar-refractivity contribution in [2.75, 3.05) is 0 Å². The standard InChI is InChI=1S/C14H12N2/c1-2-11(9-15)7-12-8-13-5-3-4-6-14(13)16-10-12/h3-8,10H,2H2,1H3/b11-7+. The van der Waals surface area contributed by atoms with Crippen LogP contribution in [0, 0.1) is 11.3 Å². The molecule has 0 spiro atoms. The zero-order valence-corrected chi connectivity index (χ0v) is 9.14. The van der Waals surface area contributed by atoms with Crippen molar-refractivity contribution in [3.63, 3.8) is 0 Å². The molecule has 0 unspecified atom stereocenters. The minimum Gasteiger partial charge on any atom is -0.256 e. The molecule has 0 fully saturated rings. The van der Waals surface area contributed by atoms with Crippen LogP contribution in [-0.2, 0) is 0 Å². The number of para-hydroxylation sites is 1. The highest BCUT2D eigenvalue weighted by Crippen LogP contribution is 2.15. The lowest BCUT2D eigenvalue weighted by Gasteiger charge is -1.99. The second-order valence-electron chi connectivity index (χ2n) is 3.60. The first-order valence-electron chi connectivity index (χ1n) is 5.29. The first-order valence-corrected chi connectivity index (χ1v) is 5.29. The topological polar surface area (TPSA) is 36.7 Å². The highest BCUT2D eigenvalue weighted by molar-refractivity contribution is 5.80. The quantitative estimate of drug-likeness (QED) is 0.707. The molecule has 1 aromatic heterocycles. The summed E-state index contributed by atoms with van der Waals surface area (Å²) in [4.78, 5) is 4.35. The van der Waals surface area contributed by atoms with E-state index in [9.17, 15) is 0 Å². The number of nitriles is 1. The molecule has 1 aromatic carbocycles. The van der Waals surface area contributed by atoms with Gasteiger partial charge in [0.1, 0.15) is 0 Å². The zero-order chi connectivity index (χ0) is 11.4. The van der Waals surface area contributed by atoms with Crippen LogP contribution in [0.4, 0.5) is 0 Å². The van der Waals surface area contributed by atoms with Gasteiger partial charge >= 0.3 is 0 Å². The number of fused-ring (bicyclic) bond motifs is 1. The third kappa shape index (κ3) is 2.09. The molecule has 2 rings (SSSR count). The second kappa shape index (κ2) is 4.59. The van der Waals surface area contributed by atoms with Gasteiger partial charge in [0.2, 0.25) is 0 Å². The third-order valence-electron chi connectivity index (χ3n) is 2.48. The average Bonchev–Trinajstić information content (AvgIpc) is 2.35. The lowest BCUT2D eigenvalue weighted by Crippen LogP contribution is -1.82. The van der Waals surface area contributed by atoms with Crippen LogP contribution in [0.3, 0.4) is 0 Å². The summed E-state index contributed by atoms with van der Waals surface area (Å²) in [6.45, 7) is 1.98. The smallest absolute Gasteiger partial charge is 0.0947 e. The van der Waals surface area contributed by atoms with Crippen molar-refractivity contribution in [2.24, 2.45) is 0 Å². The van der Waals surface area contributed by atoms with E-state index < -0.39 is 0 Å². The van der Waals surface area contributed by atoms with Crippen LogP contribution in [0.5, 0.6) is 0 Å². The van der Waals surface area contributed by atoms with Gasteiger partial charge in [-0.3, -0.25) is 4.98 Å². The minimum absolute atomic E-state index is 0.753. The van der Waals surface area contributed by atoms with Crippen LogP contribution >= 0.6 is 0 Å². The summed E-state index contributed by atoms with van der Waals surface area (Å²) in [6, 6.07) is 12.2. The van der Waals surface area contributed by atoms with Crippen molar-refractivity contribution in [3.8, 4) is 6.07 Å². The molecule has 0 saturated carbocycles. The molecule has 2 heteroatoms. The van der Waals surface area contributed by atoms with E-state index in [1.807, 2.05) is 37.3 Å². The Balaban J connectivity index is 2.48. The van der Waals surface area contributed by atoms with Gasteiger partial charge in [-0.2, -0.15) is 5.26 Å². The molecule has 0 aliphatic heterocycles. The fourth-order valence-electron chi connectivity index (χ4n) is 1.58. The van der Waals surface area contributed by atoms with Gasteiger partial charge < -0.3 is 0 Å². The summed E-state index contributed by atoms with van der Waals surface area (Å²) in [6.07, 6.45) is 4.44. The molecular weight excluding hydrogens is 196 g/mol. The van der Waals surface area contributed by atoms with E-state index in [2.05, 4.69) is 17.1 Å². The van der Waals surface area contributed by atoms with E-state index in [4.69, 9.17) is 5.26 Å². The summed E-state index contributed by atoms with van der Waals surface area (Å²) < 4.78 is 0. The summed E-state index contributed by atoms with van der Waals surface area (Å²) in [5.41, 5.74) is 2.74. The maximum atomic E-state index is 8.86. The third-order valence-corrected chi connectivity index (χ3v) is 2.48. The Bertz CT molecular complexity index is 577. The van der Waals surface area contributed by atoms with Crippen LogP contribution in [0.2, 0.25) is 0 Å². The normalized spacial score (nSPS) is 11.4. The number of aromatic nitrogens is 1. The monoisotopic (exact) mass is 208 g/mol. The van der Waals surface area contributed by atoms with E-state index in [1.54, 1.807) is 6.20 Å². The number of nitrogens with zero attached hydrogens (tertiary/aromatic N) is 2. The van der Waals surface area contributed by atoms with Gasteiger partial charge in [-0.05, 0) is 30.2 Å². The van der Waals surface area contributed by atoms with Gasteiger partial charge in [-0.15, -0.1) is 0 Å². The Morgan fingerprint density at radius 1 is 1.44 bits per heavy atom. The number of benzene rings is 1. The van der Waals surface area contributed by atoms with Gasteiger partial charge in [0, 0.05) is 17.2 Å². The summed E-state index contributed by atoms with van der Waals surface area (Å²) in [5.74, 6) is 0. The van der Waals surface area contributed by atoms with Crippen molar-refractivity contribution < 1.29 is 0 Å². The highest BCUT2D eigenvalue weighted by Gasteiger charge is 1.96. The molecule has 0 amide bonds. The number of pyridine rings is 1. The Morgan fingerprint density at radius 2 is 2.25 bits per heavy atom. The molecule has 0 aliphatic carbocycles. The van der Waals surface area contributed by atoms with Crippen molar-refractivity contribution in [1.29, 1.82) is 5.26 Å². The predicted octanol–water partition coefficient (Wildman–Crippen LogP) is 3.55. The number of allylic oxidation sites excluding steroid dienone is 1. The Kier molecular flexibility index (Phi) is 2.98. The fourth-order valence-corrected chi connectivity index (χ4v) is 1.58. The van der Waals surface area contributed by atoms with Crippen molar-refractivity contribution in [2.45, 2.75) is 13.3 Å². The van der Waals surface area contributed by atoms with E-state index in [-0.39, 0.29) is 0 Å². The van der Waals surface area contributed by atoms with Gasteiger partial charge in [0.25, 0.3) is 0 Å². The number of rotatable bonds is 2. The van der Waals surface area contributed by atoms with Gasteiger partial charge in [-0.25, -0.2) is 0 Å². The second-order valence-corrected chi connectivity index (χ2v) is 3.60. The van der Waals surface area contributed by atoms with E-state index in [1.165, 1.54) is 0 Å². The highest BCUT2D eigenvalue weighted by atomic mass is 14.6. The van der Waals surface area contributed by atoms with Crippen LogP contribution < -0.4 is 0 Å². The van der Waals surface area contributed by atoms with Crippen molar-refractivity contribution >= 4 is 17.0 Å². The Morgan fingerprint density at radius 3 is 3.00 bits per heavy atom. The van der Waals surface area contributed by atoms with Crippen LogP contribution in [0.25, 0.3) is 17.0 Å².